The third kappa shape index (κ3) is 1.57. The third-order valence-electron chi connectivity index (χ3n) is 5.00. The van der Waals surface area contributed by atoms with Crippen LogP contribution in [0.3, 0.4) is 0 Å². The Hall–Kier alpha value is -1.38. The first-order valence-electron chi connectivity index (χ1n) is 7.11. The van der Waals surface area contributed by atoms with Gasteiger partial charge >= 0.3 is 0 Å². The number of ether oxygens (including phenoxy) is 1. The quantitative estimate of drug-likeness (QED) is 0.893. The highest BCUT2D eigenvalue weighted by atomic mass is 16.5. The van der Waals surface area contributed by atoms with Crippen molar-refractivity contribution in [1.82, 2.24) is 0 Å². The summed E-state index contributed by atoms with van der Waals surface area (Å²) in [6.07, 6.45) is 2.29. The van der Waals surface area contributed by atoms with Gasteiger partial charge in [0, 0.05) is 11.5 Å². The van der Waals surface area contributed by atoms with Crippen LogP contribution < -0.4 is 5.73 Å². The molecule has 2 heteroatoms. The number of fused-ring (bicyclic) bond motifs is 1. The maximum atomic E-state index is 5.99. The first-order chi connectivity index (χ1) is 9.29. The lowest BCUT2D eigenvalue weighted by atomic mass is 9.58. The molecule has 0 spiro atoms. The van der Waals surface area contributed by atoms with Gasteiger partial charge in [0.15, 0.2) is 0 Å². The second-order valence-corrected chi connectivity index (χ2v) is 6.10. The summed E-state index contributed by atoms with van der Waals surface area (Å²) in [7, 11) is 0. The van der Waals surface area contributed by atoms with Crippen molar-refractivity contribution in [3.63, 3.8) is 0 Å². The highest BCUT2D eigenvalue weighted by molar-refractivity contribution is 5.87. The average molecular weight is 253 g/mol. The molecule has 1 saturated carbocycles. The standard InChI is InChI=1S/C17H19NO/c18-14-8-13(9-14)17(10-19-11-17)16-7-3-5-12-4-1-2-6-15(12)16/h1-7,13-14H,8-11,18H2. The second-order valence-electron chi connectivity index (χ2n) is 6.10. The zero-order valence-electron chi connectivity index (χ0n) is 11.0. The first kappa shape index (κ1) is 11.4. The van der Waals surface area contributed by atoms with E-state index in [-0.39, 0.29) is 5.41 Å². The van der Waals surface area contributed by atoms with Crippen molar-refractivity contribution in [3.05, 3.63) is 48.0 Å². The van der Waals surface area contributed by atoms with Gasteiger partial charge in [0.1, 0.15) is 0 Å². The number of benzene rings is 2. The zero-order valence-corrected chi connectivity index (χ0v) is 11.0. The van der Waals surface area contributed by atoms with Crippen LogP contribution in [0.1, 0.15) is 18.4 Å². The van der Waals surface area contributed by atoms with Gasteiger partial charge in [0.25, 0.3) is 0 Å². The van der Waals surface area contributed by atoms with E-state index in [2.05, 4.69) is 42.5 Å². The molecule has 1 saturated heterocycles. The Morgan fingerprint density at radius 2 is 1.74 bits per heavy atom. The average Bonchev–Trinajstić information content (AvgIpc) is 2.36. The molecule has 0 aromatic heterocycles. The molecule has 0 atom stereocenters. The van der Waals surface area contributed by atoms with Crippen molar-refractivity contribution in [2.75, 3.05) is 13.2 Å². The van der Waals surface area contributed by atoms with E-state index in [9.17, 15) is 0 Å². The van der Waals surface area contributed by atoms with E-state index in [0.717, 1.165) is 26.1 Å². The SMILES string of the molecule is NC1CC(C2(c3cccc4ccccc34)COC2)C1. The Morgan fingerprint density at radius 1 is 1.00 bits per heavy atom. The molecule has 1 aliphatic carbocycles. The maximum absolute atomic E-state index is 5.99. The van der Waals surface area contributed by atoms with Gasteiger partial charge in [0.2, 0.25) is 0 Å². The van der Waals surface area contributed by atoms with Crippen LogP contribution in [0.2, 0.25) is 0 Å². The van der Waals surface area contributed by atoms with Crippen molar-refractivity contribution in [1.29, 1.82) is 0 Å². The van der Waals surface area contributed by atoms with Gasteiger partial charge in [0.05, 0.1) is 13.2 Å². The molecule has 2 aromatic rings. The topological polar surface area (TPSA) is 35.2 Å². The summed E-state index contributed by atoms with van der Waals surface area (Å²) in [5.41, 5.74) is 7.68. The van der Waals surface area contributed by atoms with Crippen molar-refractivity contribution < 1.29 is 4.74 Å². The van der Waals surface area contributed by atoms with Gasteiger partial charge in [-0.1, -0.05) is 42.5 Å². The molecule has 2 aliphatic rings. The Morgan fingerprint density at radius 3 is 2.42 bits per heavy atom. The predicted molar refractivity (Wildman–Crippen MR) is 77.1 cm³/mol. The Bertz CT molecular complexity index is 606. The normalized spacial score (nSPS) is 28.7. The van der Waals surface area contributed by atoms with E-state index in [4.69, 9.17) is 10.5 Å². The van der Waals surface area contributed by atoms with Gasteiger partial charge in [-0.15, -0.1) is 0 Å². The molecule has 1 aliphatic heterocycles. The van der Waals surface area contributed by atoms with Crippen LogP contribution >= 0.6 is 0 Å². The second kappa shape index (κ2) is 4.06. The lowest BCUT2D eigenvalue weighted by molar-refractivity contribution is -0.110. The minimum absolute atomic E-state index is 0.219. The van der Waals surface area contributed by atoms with Gasteiger partial charge in [-0.3, -0.25) is 0 Å². The minimum atomic E-state index is 0.219. The first-order valence-corrected chi connectivity index (χ1v) is 7.11. The fourth-order valence-corrected chi connectivity index (χ4v) is 3.71. The van der Waals surface area contributed by atoms with E-state index in [1.165, 1.54) is 16.3 Å². The fourth-order valence-electron chi connectivity index (χ4n) is 3.71. The summed E-state index contributed by atoms with van der Waals surface area (Å²) < 4.78 is 5.59. The monoisotopic (exact) mass is 253 g/mol. The van der Waals surface area contributed by atoms with Crippen molar-refractivity contribution >= 4 is 10.8 Å². The van der Waals surface area contributed by atoms with Crippen molar-refractivity contribution in [3.8, 4) is 0 Å². The Kier molecular flexibility index (Phi) is 2.44. The molecule has 1 heterocycles. The van der Waals surface area contributed by atoms with Gasteiger partial charge in [-0.2, -0.15) is 0 Å². The van der Waals surface area contributed by atoms with Gasteiger partial charge < -0.3 is 10.5 Å². The maximum Gasteiger partial charge on any atom is 0.0588 e. The minimum Gasteiger partial charge on any atom is -0.379 e. The molecular weight excluding hydrogens is 234 g/mol. The van der Waals surface area contributed by atoms with Crippen LogP contribution in [-0.2, 0) is 10.2 Å². The number of nitrogens with two attached hydrogens (primary N) is 1. The van der Waals surface area contributed by atoms with Crippen molar-refractivity contribution in [2.24, 2.45) is 11.7 Å². The molecule has 2 N–H and O–H groups in total. The Balaban J connectivity index is 1.84. The summed E-state index contributed by atoms with van der Waals surface area (Å²) in [5, 5.41) is 2.71. The lowest BCUT2D eigenvalue weighted by Gasteiger charge is -2.53. The van der Waals surface area contributed by atoms with E-state index in [0.29, 0.717) is 12.0 Å². The molecular formula is C17H19NO. The fraction of sp³-hybridized carbons (Fsp3) is 0.412. The highest BCUT2D eigenvalue weighted by Crippen LogP contribution is 2.49. The van der Waals surface area contributed by atoms with Crippen molar-refractivity contribution in [2.45, 2.75) is 24.3 Å². The van der Waals surface area contributed by atoms with Crippen LogP contribution in [-0.4, -0.2) is 19.3 Å². The molecule has 2 nitrogen and oxygen atoms in total. The smallest absolute Gasteiger partial charge is 0.0588 e. The van der Waals surface area contributed by atoms with E-state index in [1.54, 1.807) is 0 Å². The molecule has 98 valence electrons. The molecule has 0 radical (unpaired) electrons. The largest absolute Gasteiger partial charge is 0.379 e. The van der Waals surface area contributed by atoms with E-state index < -0.39 is 0 Å². The van der Waals surface area contributed by atoms with Gasteiger partial charge in [-0.05, 0) is 35.1 Å². The molecule has 2 fully saturated rings. The molecule has 0 bridgehead atoms. The summed E-state index contributed by atoms with van der Waals surface area (Å²) in [6.45, 7) is 1.72. The Labute approximate surface area is 113 Å². The summed E-state index contributed by atoms with van der Waals surface area (Å²) >= 11 is 0. The molecule has 4 rings (SSSR count). The molecule has 0 amide bonds. The van der Waals surface area contributed by atoms with Crippen LogP contribution in [0.5, 0.6) is 0 Å². The van der Waals surface area contributed by atoms with E-state index >= 15 is 0 Å². The summed E-state index contributed by atoms with van der Waals surface area (Å²) in [5.74, 6) is 0.696. The van der Waals surface area contributed by atoms with E-state index in [1.807, 2.05) is 0 Å². The third-order valence-corrected chi connectivity index (χ3v) is 5.00. The van der Waals surface area contributed by atoms with Crippen LogP contribution in [0, 0.1) is 5.92 Å². The van der Waals surface area contributed by atoms with Gasteiger partial charge in [-0.25, -0.2) is 0 Å². The molecule has 19 heavy (non-hydrogen) atoms. The molecule has 0 unspecified atom stereocenters. The lowest BCUT2D eigenvalue weighted by Crippen LogP contribution is -2.58. The molecule has 2 aromatic carbocycles. The zero-order chi connectivity index (χ0) is 12.9. The van der Waals surface area contributed by atoms with Crippen LogP contribution in [0.25, 0.3) is 10.8 Å². The number of rotatable bonds is 2. The number of hydrogen-bond donors (Lipinski definition) is 1. The highest BCUT2D eigenvalue weighted by Gasteiger charge is 2.51. The number of hydrogen-bond acceptors (Lipinski definition) is 2. The summed E-state index contributed by atoms with van der Waals surface area (Å²) in [6, 6.07) is 15.7. The predicted octanol–water partition coefficient (Wildman–Crippen LogP) is 2.85. The summed E-state index contributed by atoms with van der Waals surface area (Å²) in [4.78, 5) is 0. The van der Waals surface area contributed by atoms with Crippen LogP contribution in [0.15, 0.2) is 42.5 Å². The van der Waals surface area contributed by atoms with Crippen LogP contribution in [0.4, 0.5) is 0 Å².